The fourth-order valence-corrected chi connectivity index (χ4v) is 5.69. The Hall–Kier alpha value is -2.13. The van der Waals surface area contributed by atoms with Crippen molar-refractivity contribution >= 4 is 40.0 Å². The van der Waals surface area contributed by atoms with Gasteiger partial charge in [-0.25, -0.2) is 9.78 Å². The van der Waals surface area contributed by atoms with E-state index in [1.807, 2.05) is 6.92 Å². The first-order valence-corrected chi connectivity index (χ1v) is 12.0. The summed E-state index contributed by atoms with van der Waals surface area (Å²) in [6, 6.07) is 0. The second kappa shape index (κ2) is 10.3. The van der Waals surface area contributed by atoms with E-state index in [4.69, 9.17) is 4.74 Å². The Balaban J connectivity index is 1.75. The maximum absolute atomic E-state index is 12.6. The van der Waals surface area contributed by atoms with E-state index >= 15 is 0 Å². The maximum Gasteiger partial charge on any atom is 0.341 e. The summed E-state index contributed by atoms with van der Waals surface area (Å²) in [5.74, 6) is -0.580. The third-order valence-corrected chi connectivity index (χ3v) is 7.29. The minimum Gasteiger partial charge on any atom is -0.465 e. The Morgan fingerprint density at radius 2 is 1.97 bits per heavy atom. The highest BCUT2D eigenvalue weighted by molar-refractivity contribution is 7.99. The van der Waals surface area contributed by atoms with E-state index < -0.39 is 5.97 Å². The van der Waals surface area contributed by atoms with E-state index in [2.05, 4.69) is 15.3 Å². The number of fused-ring (bicyclic) bond motifs is 1. The van der Waals surface area contributed by atoms with Gasteiger partial charge in [-0.05, 0) is 44.6 Å². The van der Waals surface area contributed by atoms with Gasteiger partial charge in [-0.15, -0.1) is 11.3 Å². The number of hydrogen-bond donors (Lipinski definition) is 2. The van der Waals surface area contributed by atoms with Crippen LogP contribution in [0.2, 0.25) is 0 Å². The van der Waals surface area contributed by atoms with Gasteiger partial charge in [-0.1, -0.05) is 31.5 Å². The quantitative estimate of drug-likeness (QED) is 0.394. The number of carbonyl (C=O) groups is 2. The molecule has 0 unspecified atom stereocenters. The van der Waals surface area contributed by atoms with E-state index in [-0.39, 0.29) is 17.2 Å². The Labute approximate surface area is 184 Å². The van der Waals surface area contributed by atoms with Crippen LogP contribution < -0.4 is 10.9 Å². The lowest BCUT2D eigenvalue weighted by atomic mass is 9.96. The van der Waals surface area contributed by atoms with Crippen molar-refractivity contribution < 1.29 is 14.3 Å². The molecule has 0 fully saturated rings. The molecule has 0 aliphatic heterocycles. The van der Waals surface area contributed by atoms with E-state index in [0.717, 1.165) is 42.5 Å². The smallest absolute Gasteiger partial charge is 0.341 e. The number of aromatic amines is 1. The van der Waals surface area contributed by atoms with Gasteiger partial charge in [0, 0.05) is 16.1 Å². The van der Waals surface area contributed by atoms with Crippen molar-refractivity contribution in [1.82, 2.24) is 9.97 Å². The first-order chi connectivity index (χ1) is 14.4. The van der Waals surface area contributed by atoms with E-state index in [0.29, 0.717) is 33.4 Å². The summed E-state index contributed by atoms with van der Waals surface area (Å²) in [5.41, 5.74) is 2.68. The normalized spacial score (nSPS) is 13.8. The molecule has 2 aromatic rings. The minimum atomic E-state index is -0.409. The molecule has 30 heavy (non-hydrogen) atoms. The predicted octanol–water partition coefficient (Wildman–Crippen LogP) is 3.88. The highest BCUT2D eigenvalue weighted by Gasteiger charge is 2.26. The summed E-state index contributed by atoms with van der Waals surface area (Å²) in [5, 5.41) is 3.85. The van der Waals surface area contributed by atoms with Gasteiger partial charge in [0.05, 0.1) is 18.4 Å². The zero-order valence-corrected chi connectivity index (χ0v) is 19.2. The van der Waals surface area contributed by atoms with Crippen LogP contribution in [0.25, 0.3) is 0 Å². The van der Waals surface area contributed by atoms with Gasteiger partial charge in [0.2, 0.25) is 5.91 Å². The number of anilines is 1. The fourth-order valence-electron chi connectivity index (χ4n) is 3.69. The third kappa shape index (κ3) is 5.13. The topological polar surface area (TPSA) is 101 Å². The van der Waals surface area contributed by atoms with Crippen LogP contribution >= 0.6 is 23.1 Å². The number of H-pyrrole nitrogens is 1. The van der Waals surface area contributed by atoms with Gasteiger partial charge < -0.3 is 15.0 Å². The lowest BCUT2D eigenvalue weighted by Crippen LogP contribution is -2.19. The highest BCUT2D eigenvalue weighted by atomic mass is 32.2. The molecule has 1 aliphatic carbocycles. The number of esters is 1. The monoisotopic (exact) mass is 449 g/mol. The van der Waals surface area contributed by atoms with Crippen LogP contribution in [0.15, 0.2) is 9.95 Å². The lowest BCUT2D eigenvalue weighted by Gasteiger charge is -2.11. The number of carbonyl (C=O) groups excluding carboxylic acids is 2. The van der Waals surface area contributed by atoms with Crippen molar-refractivity contribution in [3.63, 3.8) is 0 Å². The second-order valence-electron chi connectivity index (χ2n) is 7.24. The number of aryl methyl sites for hydroxylation is 2. The van der Waals surface area contributed by atoms with Gasteiger partial charge in [0.15, 0.2) is 5.16 Å². The van der Waals surface area contributed by atoms with Crippen molar-refractivity contribution in [1.29, 1.82) is 0 Å². The van der Waals surface area contributed by atoms with Crippen LogP contribution in [0.1, 0.15) is 64.7 Å². The molecule has 2 aromatic heterocycles. The number of hydrogen-bond acceptors (Lipinski definition) is 7. The van der Waals surface area contributed by atoms with Gasteiger partial charge in [-0.3, -0.25) is 9.59 Å². The van der Waals surface area contributed by atoms with Crippen LogP contribution in [-0.2, 0) is 28.8 Å². The number of thioether (sulfide) groups is 1. The molecule has 9 heteroatoms. The van der Waals surface area contributed by atoms with Gasteiger partial charge in [0.25, 0.3) is 5.56 Å². The molecular weight excluding hydrogens is 422 g/mol. The first-order valence-electron chi connectivity index (χ1n) is 10.2. The van der Waals surface area contributed by atoms with Crippen molar-refractivity contribution in [2.75, 3.05) is 18.2 Å². The van der Waals surface area contributed by atoms with Crippen LogP contribution in [-0.4, -0.2) is 34.7 Å². The van der Waals surface area contributed by atoms with Crippen molar-refractivity contribution in [2.45, 2.75) is 63.9 Å². The minimum absolute atomic E-state index is 0.0804. The number of ether oxygens (including phenoxy) is 1. The van der Waals surface area contributed by atoms with E-state index in [9.17, 15) is 14.4 Å². The molecule has 0 atom stereocenters. The molecule has 0 aromatic carbocycles. The average molecular weight is 450 g/mol. The number of methoxy groups -OCH3 is 1. The molecule has 3 rings (SSSR count). The molecule has 162 valence electrons. The molecule has 0 radical (unpaired) electrons. The first kappa shape index (κ1) is 22.6. The Kier molecular flexibility index (Phi) is 7.71. The summed E-state index contributed by atoms with van der Waals surface area (Å²) in [6.07, 6.45) is 6.81. The lowest BCUT2D eigenvalue weighted by molar-refractivity contribution is -0.113. The third-order valence-electron chi connectivity index (χ3n) is 5.21. The largest absolute Gasteiger partial charge is 0.465 e. The molecule has 0 saturated heterocycles. The fraction of sp³-hybridized carbons (Fsp3) is 0.524. The number of amides is 1. The van der Waals surface area contributed by atoms with Gasteiger partial charge in [-0.2, -0.15) is 0 Å². The summed E-state index contributed by atoms with van der Waals surface area (Å²) in [4.78, 5) is 45.4. The average Bonchev–Trinajstić information content (AvgIpc) is 3.01. The summed E-state index contributed by atoms with van der Waals surface area (Å²) in [6.45, 7) is 3.70. The predicted molar refractivity (Wildman–Crippen MR) is 120 cm³/mol. The highest BCUT2D eigenvalue weighted by Crippen LogP contribution is 2.37. The van der Waals surface area contributed by atoms with Crippen LogP contribution in [0.3, 0.4) is 0 Å². The Bertz CT molecular complexity index is 997. The molecule has 1 aliphatic rings. The molecule has 7 nitrogen and oxygen atoms in total. The number of rotatable bonds is 6. The van der Waals surface area contributed by atoms with E-state index in [1.165, 1.54) is 36.6 Å². The Morgan fingerprint density at radius 1 is 1.23 bits per heavy atom. The maximum atomic E-state index is 12.6. The van der Waals surface area contributed by atoms with Gasteiger partial charge >= 0.3 is 5.97 Å². The molecule has 0 bridgehead atoms. The number of nitrogens with zero attached hydrogens (tertiary/aromatic N) is 1. The number of thiophene rings is 1. The molecule has 0 saturated carbocycles. The molecular formula is C21H27N3O4S2. The summed E-state index contributed by atoms with van der Waals surface area (Å²) < 4.78 is 4.99. The number of nitrogens with one attached hydrogen (secondary N) is 2. The van der Waals surface area contributed by atoms with Crippen LogP contribution in [0, 0.1) is 6.92 Å². The SMILES string of the molecule is CCc1c(C)nc(SCC(=O)Nc2sc3c(c2C(=O)OC)CCCCCC3)[nH]c1=O. The Morgan fingerprint density at radius 3 is 2.63 bits per heavy atom. The molecule has 2 heterocycles. The van der Waals surface area contributed by atoms with E-state index in [1.54, 1.807) is 6.92 Å². The van der Waals surface area contributed by atoms with Crippen molar-refractivity contribution in [3.8, 4) is 0 Å². The van der Waals surface area contributed by atoms with Gasteiger partial charge in [0.1, 0.15) is 5.00 Å². The second-order valence-corrected chi connectivity index (χ2v) is 9.31. The number of aromatic nitrogens is 2. The zero-order chi connectivity index (χ0) is 21.7. The summed E-state index contributed by atoms with van der Waals surface area (Å²) in [7, 11) is 1.36. The van der Waals surface area contributed by atoms with Crippen LogP contribution in [0.5, 0.6) is 0 Å². The zero-order valence-electron chi connectivity index (χ0n) is 17.6. The van der Waals surface area contributed by atoms with Crippen molar-refractivity contribution in [2.24, 2.45) is 0 Å². The van der Waals surface area contributed by atoms with Crippen molar-refractivity contribution in [3.05, 3.63) is 37.6 Å². The standard InChI is InChI=1S/C21H27N3O4S2/c1-4-13-12(2)22-21(24-18(13)26)29-11-16(25)23-19-17(20(27)28-3)14-9-7-5-6-8-10-15(14)30-19/h4-11H2,1-3H3,(H,23,25)(H,22,24,26). The summed E-state index contributed by atoms with van der Waals surface area (Å²) >= 11 is 2.64. The van der Waals surface area contributed by atoms with Crippen LogP contribution in [0.4, 0.5) is 5.00 Å². The molecule has 0 spiro atoms. The molecule has 2 N–H and O–H groups in total. The molecule has 1 amide bonds.